The monoisotopic (exact) mass is 518 g/mol. The van der Waals surface area contributed by atoms with Crippen molar-refractivity contribution in [2.45, 2.75) is 93.2 Å². The largest absolute Gasteiger partial charge is 0.302 e. The molecule has 2 fully saturated rings. The van der Waals surface area contributed by atoms with Crippen molar-refractivity contribution in [1.82, 2.24) is 9.80 Å². The van der Waals surface area contributed by atoms with Crippen molar-refractivity contribution in [3.05, 3.63) is 20.1 Å². The maximum atomic E-state index is 3.53. The van der Waals surface area contributed by atoms with Crippen LogP contribution in [0.5, 0.6) is 0 Å². The van der Waals surface area contributed by atoms with Gasteiger partial charge in [0.1, 0.15) is 0 Å². The molecule has 0 amide bonds. The molecule has 0 bridgehead atoms. The summed E-state index contributed by atoms with van der Waals surface area (Å²) in [5, 5.41) is 0. The van der Waals surface area contributed by atoms with Crippen LogP contribution in [0.4, 0.5) is 0 Å². The average Bonchev–Trinajstić information content (AvgIpc) is 2.53. The summed E-state index contributed by atoms with van der Waals surface area (Å²) in [5.41, 5.74) is 5.49. The molecule has 2 aliphatic heterocycles. The highest BCUT2D eigenvalue weighted by Gasteiger charge is 2.33. The molecular formula is C24H44Br2N2. The lowest BCUT2D eigenvalue weighted by atomic mass is 9.78. The molecule has 0 aromatic carbocycles. The van der Waals surface area contributed by atoms with Crippen LogP contribution >= 0.6 is 31.9 Å². The third-order valence-corrected chi connectivity index (χ3v) is 7.57. The van der Waals surface area contributed by atoms with Gasteiger partial charge in [-0.3, -0.25) is 0 Å². The average molecular weight is 520 g/mol. The minimum atomic E-state index is 0.357. The molecule has 2 unspecified atom stereocenters. The zero-order valence-electron chi connectivity index (χ0n) is 20.0. The lowest BCUT2D eigenvalue weighted by molar-refractivity contribution is 0.108. The molecule has 2 saturated heterocycles. The third-order valence-electron chi connectivity index (χ3n) is 6.45. The molecule has 4 heteroatoms. The highest BCUT2D eigenvalue weighted by Crippen LogP contribution is 2.37. The van der Waals surface area contributed by atoms with E-state index in [1.54, 1.807) is 5.57 Å². The van der Waals surface area contributed by atoms with Crippen LogP contribution in [0.15, 0.2) is 20.1 Å². The molecule has 0 aromatic heterocycles. The van der Waals surface area contributed by atoms with Gasteiger partial charge in [-0.05, 0) is 102 Å². The van der Waals surface area contributed by atoms with E-state index in [1.165, 1.54) is 43.4 Å². The normalized spacial score (nSPS) is 25.3. The maximum absolute atomic E-state index is 3.53. The van der Waals surface area contributed by atoms with Gasteiger partial charge in [0.25, 0.3) is 0 Å². The molecule has 0 saturated carbocycles. The lowest BCUT2D eigenvalue weighted by Crippen LogP contribution is -2.45. The van der Waals surface area contributed by atoms with Crippen molar-refractivity contribution in [3.8, 4) is 0 Å². The number of nitrogens with zero attached hydrogens (tertiary/aromatic N) is 2. The molecule has 2 nitrogen and oxygen atoms in total. The Kier molecular flexibility index (Phi) is 9.99. The van der Waals surface area contributed by atoms with Crippen molar-refractivity contribution in [2.75, 3.05) is 27.2 Å². The van der Waals surface area contributed by atoms with Crippen molar-refractivity contribution in [2.24, 2.45) is 10.8 Å². The van der Waals surface area contributed by atoms with Crippen LogP contribution in [0.1, 0.15) is 81.1 Å². The minimum Gasteiger partial charge on any atom is -0.302 e. The van der Waals surface area contributed by atoms with E-state index >= 15 is 0 Å². The van der Waals surface area contributed by atoms with Crippen molar-refractivity contribution in [3.63, 3.8) is 0 Å². The summed E-state index contributed by atoms with van der Waals surface area (Å²) in [6, 6.07) is 1.36. The summed E-state index contributed by atoms with van der Waals surface area (Å²) >= 11 is 7.06. The zero-order valence-corrected chi connectivity index (χ0v) is 23.2. The number of hydrogen-bond acceptors (Lipinski definition) is 2. The Morgan fingerprint density at radius 2 is 1.11 bits per heavy atom. The Bertz CT molecular complexity index is 518. The Balaban J connectivity index is 0.000000280. The van der Waals surface area contributed by atoms with Gasteiger partial charge in [0.15, 0.2) is 0 Å². The van der Waals surface area contributed by atoms with Gasteiger partial charge in [0, 0.05) is 25.2 Å². The Hall–Kier alpha value is 0.360. The quantitative estimate of drug-likeness (QED) is 0.304. The van der Waals surface area contributed by atoms with E-state index in [0.717, 1.165) is 9.94 Å². The van der Waals surface area contributed by atoms with Crippen LogP contribution in [0.25, 0.3) is 0 Å². The van der Waals surface area contributed by atoms with E-state index in [-0.39, 0.29) is 0 Å². The van der Waals surface area contributed by atoms with E-state index in [4.69, 9.17) is 0 Å². The molecule has 0 N–H and O–H groups in total. The number of hydrogen-bond donors (Lipinski definition) is 0. The highest BCUT2D eigenvalue weighted by atomic mass is 79.9. The van der Waals surface area contributed by atoms with Crippen molar-refractivity contribution >= 4 is 31.9 Å². The SMILES string of the molecule is CC(C)=C1CCN(C)C(C(C)(C)C)C1.CN1CCC(=C(Br)Br)CC1C(C)(C)C. The number of piperidine rings is 2. The van der Waals surface area contributed by atoms with Gasteiger partial charge in [0.2, 0.25) is 0 Å². The number of likely N-dealkylation sites (tertiary alicyclic amines) is 2. The first-order valence-corrected chi connectivity index (χ1v) is 12.3. The third kappa shape index (κ3) is 7.89. The molecule has 2 atom stereocenters. The minimum absolute atomic E-state index is 0.357. The summed E-state index contributed by atoms with van der Waals surface area (Å²) in [6.07, 6.45) is 4.88. The summed E-state index contributed by atoms with van der Waals surface area (Å²) in [6.45, 7) is 20.9. The fourth-order valence-electron chi connectivity index (χ4n) is 4.48. The van der Waals surface area contributed by atoms with Gasteiger partial charge in [-0.2, -0.15) is 0 Å². The molecular weight excluding hydrogens is 476 g/mol. The van der Waals surface area contributed by atoms with E-state index in [1.807, 2.05) is 0 Å². The van der Waals surface area contributed by atoms with Gasteiger partial charge in [-0.15, -0.1) is 0 Å². The van der Waals surface area contributed by atoms with Gasteiger partial charge >= 0.3 is 0 Å². The smallest absolute Gasteiger partial charge is 0.0597 e. The molecule has 164 valence electrons. The molecule has 0 radical (unpaired) electrons. The zero-order chi connectivity index (χ0) is 21.9. The van der Waals surface area contributed by atoms with Crippen LogP contribution in [0, 0.1) is 10.8 Å². The van der Waals surface area contributed by atoms with Crippen LogP contribution in [0.3, 0.4) is 0 Å². The molecule has 0 spiro atoms. The highest BCUT2D eigenvalue weighted by molar-refractivity contribution is 9.28. The number of halogens is 2. The molecule has 2 aliphatic rings. The van der Waals surface area contributed by atoms with Crippen molar-refractivity contribution < 1.29 is 0 Å². The lowest BCUT2D eigenvalue weighted by Gasteiger charge is -2.42. The fraction of sp³-hybridized carbons (Fsp3) is 0.833. The van der Waals surface area contributed by atoms with Crippen LogP contribution < -0.4 is 0 Å². The van der Waals surface area contributed by atoms with E-state index in [0.29, 0.717) is 22.9 Å². The number of rotatable bonds is 0. The molecule has 2 heterocycles. The molecule has 0 aliphatic carbocycles. The molecule has 28 heavy (non-hydrogen) atoms. The molecule has 2 rings (SSSR count). The second-order valence-electron chi connectivity index (χ2n) is 11.1. The summed E-state index contributed by atoms with van der Waals surface area (Å²) in [4.78, 5) is 5.00. The van der Waals surface area contributed by atoms with Crippen molar-refractivity contribution in [1.29, 1.82) is 0 Å². The number of allylic oxidation sites excluding steroid dienone is 1. The topological polar surface area (TPSA) is 6.48 Å². The Labute approximate surface area is 192 Å². The fourth-order valence-corrected chi connectivity index (χ4v) is 5.20. The van der Waals surface area contributed by atoms with Gasteiger partial charge in [-0.25, -0.2) is 0 Å². The first kappa shape index (κ1) is 26.4. The summed E-state index contributed by atoms with van der Waals surface area (Å²) in [5.74, 6) is 0. The van der Waals surface area contributed by atoms with Crippen LogP contribution in [0.2, 0.25) is 0 Å². The van der Waals surface area contributed by atoms with Crippen LogP contribution in [-0.4, -0.2) is 49.1 Å². The van der Waals surface area contributed by atoms with Crippen LogP contribution in [-0.2, 0) is 0 Å². The summed E-state index contributed by atoms with van der Waals surface area (Å²) < 4.78 is 1.16. The molecule has 0 aromatic rings. The second kappa shape index (κ2) is 10.6. The Morgan fingerprint density at radius 3 is 1.43 bits per heavy atom. The van der Waals surface area contributed by atoms with E-state index < -0.39 is 0 Å². The standard InChI is InChI=1S/C13H25N.C11H19Br2N/c1-10(2)11-7-8-14(6)12(9-11)13(3,4)5;1-11(2,3)9-7-8(10(12)13)5-6-14(9)4/h12H,7-9H2,1-6H3;9H,5-7H2,1-4H3. The summed E-state index contributed by atoms with van der Waals surface area (Å²) in [7, 11) is 4.49. The predicted octanol–water partition coefficient (Wildman–Crippen LogP) is 7.59. The van der Waals surface area contributed by atoms with E-state index in [9.17, 15) is 0 Å². The van der Waals surface area contributed by atoms with Gasteiger partial charge < -0.3 is 9.80 Å². The first-order chi connectivity index (χ1) is 12.6. The Morgan fingerprint density at radius 1 is 0.750 bits per heavy atom. The maximum Gasteiger partial charge on any atom is 0.0597 e. The first-order valence-electron chi connectivity index (χ1n) is 10.7. The second-order valence-corrected chi connectivity index (χ2v) is 13.8. The predicted molar refractivity (Wildman–Crippen MR) is 133 cm³/mol. The van der Waals surface area contributed by atoms with Gasteiger partial charge in [-0.1, -0.05) is 52.7 Å². The van der Waals surface area contributed by atoms with Gasteiger partial charge in [0.05, 0.1) is 3.39 Å². The van der Waals surface area contributed by atoms with E-state index in [2.05, 4.69) is 111 Å².